The number of halogens is 1. The number of rotatable bonds is 6. The van der Waals surface area contributed by atoms with Gasteiger partial charge in [0.2, 0.25) is 0 Å². The first-order valence-electron chi connectivity index (χ1n) is 5.94. The first-order valence-corrected chi connectivity index (χ1v) is 6.32. The fraction of sp³-hybridized carbons (Fsp3) is 0.333. The Balaban J connectivity index is 3.04. The SMILES string of the molecule is CCOC(=O)C(=O)c1ccc(N(CC)/N=N\N)c(Cl)c1. The number of hydrogen-bond donors (Lipinski definition) is 1. The van der Waals surface area contributed by atoms with Gasteiger partial charge in [-0.1, -0.05) is 16.8 Å². The minimum atomic E-state index is -0.912. The molecule has 0 fully saturated rings. The van der Waals surface area contributed by atoms with Crippen molar-refractivity contribution >= 4 is 29.0 Å². The molecule has 0 bridgehead atoms. The number of esters is 1. The molecule has 2 N–H and O–H groups in total. The van der Waals surface area contributed by atoms with Crippen molar-refractivity contribution in [3.05, 3.63) is 28.8 Å². The molecule has 8 heteroatoms. The Hall–Kier alpha value is -2.15. The Morgan fingerprint density at radius 1 is 1.40 bits per heavy atom. The molecule has 0 unspecified atom stereocenters. The second-order valence-corrected chi connectivity index (χ2v) is 4.04. The highest BCUT2D eigenvalue weighted by Gasteiger charge is 2.19. The van der Waals surface area contributed by atoms with E-state index in [0.717, 1.165) is 0 Å². The van der Waals surface area contributed by atoms with Crippen molar-refractivity contribution < 1.29 is 14.3 Å². The van der Waals surface area contributed by atoms with E-state index in [4.69, 9.17) is 17.4 Å². The van der Waals surface area contributed by atoms with Gasteiger partial charge in [0.05, 0.1) is 17.3 Å². The Bertz CT molecular complexity index is 533. The Morgan fingerprint density at radius 3 is 2.60 bits per heavy atom. The number of nitrogens with two attached hydrogens (primary N) is 1. The van der Waals surface area contributed by atoms with Crippen molar-refractivity contribution in [1.82, 2.24) is 0 Å². The van der Waals surface area contributed by atoms with Gasteiger partial charge in [0.15, 0.2) is 0 Å². The summed E-state index contributed by atoms with van der Waals surface area (Å²) in [6.45, 7) is 4.09. The van der Waals surface area contributed by atoms with Crippen LogP contribution in [0.15, 0.2) is 28.6 Å². The van der Waals surface area contributed by atoms with E-state index >= 15 is 0 Å². The molecule has 0 atom stereocenters. The lowest BCUT2D eigenvalue weighted by Crippen LogP contribution is -2.19. The molecule has 0 heterocycles. The van der Waals surface area contributed by atoms with E-state index < -0.39 is 11.8 Å². The monoisotopic (exact) mass is 298 g/mol. The second kappa shape index (κ2) is 7.44. The topological polar surface area (TPSA) is 97.4 Å². The summed E-state index contributed by atoms with van der Waals surface area (Å²) >= 11 is 6.08. The fourth-order valence-corrected chi connectivity index (χ4v) is 1.79. The third kappa shape index (κ3) is 3.67. The van der Waals surface area contributed by atoms with Gasteiger partial charge in [-0.05, 0) is 37.3 Å². The van der Waals surface area contributed by atoms with Crippen LogP contribution >= 0.6 is 11.6 Å². The largest absolute Gasteiger partial charge is 0.460 e. The summed E-state index contributed by atoms with van der Waals surface area (Å²) < 4.78 is 4.64. The highest BCUT2D eigenvalue weighted by Crippen LogP contribution is 2.27. The van der Waals surface area contributed by atoms with Crippen LogP contribution in [0.2, 0.25) is 5.02 Å². The van der Waals surface area contributed by atoms with Crippen molar-refractivity contribution in [1.29, 1.82) is 0 Å². The number of hydrogen-bond acceptors (Lipinski definition) is 5. The molecular formula is C12H15ClN4O3. The normalized spacial score (nSPS) is 10.6. The Morgan fingerprint density at radius 2 is 2.10 bits per heavy atom. The van der Waals surface area contributed by atoms with Gasteiger partial charge in [0, 0.05) is 12.1 Å². The summed E-state index contributed by atoms with van der Waals surface area (Å²) in [7, 11) is 0. The third-order valence-electron chi connectivity index (χ3n) is 2.41. The van der Waals surface area contributed by atoms with E-state index in [9.17, 15) is 9.59 Å². The summed E-state index contributed by atoms with van der Waals surface area (Å²) in [6.07, 6.45) is 0. The van der Waals surface area contributed by atoms with Crippen LogP contribution in [0.1, 0.15) is 24.2 Å². The van der Waals surface area contributed by atoms with Gasteiger partial charge >= 0.3 is 5.97 Å². The molecule has 108 valence electrons. The van der Waals surface area contributed by atoms with Crippen molar-refractivity contribution in [2.24, 2.45) is 16.3 Å². The van der Waals surface area contributed by atoms with E-state index in [2.05, 4.69) is 15.2 Å². The van der Waals surface area contributed by atoms with Crippen molar-refractivity contribution in [2.45, 2.75) is 13.8 Å². The number of ketones is 1. The summed E-state index contributed by atoms with van der Waals surface area (Å²) in [6, 6.07) is 4.41. The molecule has 0 amide bonds. The highest BCUT2D eigenvalue weighted by molar-refractivity contribution is 6.41. The first kappa shape index (κ1) is 15.9. The number of ether oxygens (including phenoxy) is 1. The van der Waals surface area contributed by atoms with Crippen molar-refractivity contribution in [3.63, 3.8) is 0 Å². The van der Waals surface area contributed by atoms with Crippen LogP contribution in [0.25, 0.3) is 0 Å². The molecule has 1 rings (SSSR count). The highest BCUT2D eigenvalue weighted by atomic mass is 35.5. The van der Waals surface area contributed by atoms with Gasteiger partial charge in [0.25, 0.3) is 5.78 Å². The average molecular weight is 299 g/mol. The quantitative estimate of drug-likeness (QED) is 0.217. The lowest BCUT2D eigenvalue weighted by atomic mass is 10.1. The molecule has 0 saturated heterocycles. The third-order valence-corrected chi connectivity index (χ3v) is 2.71. The van der Waals surface area contributed by atoms with Gasteiger partial charge in [-0.25, -0.2) is 9.80 Å². The maximum Gasteiger partial charge on any atom is 0.379 e. The minimum absolute atomic E-state index is 0.136. The molecule has 0 aliphatic carbocycles. The summed E-state index contributed by atoms with van der Waals surface area (Å²) in [5, 5.41) is 8.59. The molecular weight excluding hydrogens is 284 g/mol. The summed E-state index contributed by atoms with van der Waals surface area (Å²) in [4.78, 5) is 23.1. The molecule has 20 heavy (non-hydrogen) atoms. The Kier molecular flexibility index (Phi) is 5.92. The van der Waals surface area contributed by atoms with Crippen molar-refractivity contribution in [2.75, 3.05) is 18.2 Å². The van der Waals surface area contributed by atoms with Crippen LogP contribution in [0.5, 0.6) is 0 Å². The number of anilines is 1. The van der Waals surface area contributed by atoms with Crippen LogP contribution in [0, 0.1) is 0 Å². The molecule has 7 nitrogen and oxygen atoms in total. The van der Waals surface area contributed by atoms with Gasteiger partial charge in [-0.2, -0.15) is 0 Å². The number of carbonyl (C=O) groups excluding carboxylic acids is 2. The smallest absolute Gasteiger partial charge is 0.379 e. The van der Waals surface area contributed by atoms with E-state index in [1.54, 1.807) is 13.0 Å². The Labute approximate surface area is 121 Å². The van der Waals surface area contributed by atoms with Gasteiger partial charge < -0.3 is 10.6 Å². The average Bonchev–Trinajstić information content (AvgIpc) is 2.44. The fourth-order valence-electron chi connectivity index (χ4n) is 1.52. The zero-order chi connectivity index (χ0) is 15.1. The molecule has 0 aromatic heterocycles. The predicted octanol–water partition coefficient (Wildman–Crippen LogP) is 2.15. The number of nitrogens with zero attached hydrogens (tertiary/aromatic N) is 3. The zero-order valence-corrected chi connectivity index (χ0v) is 11.9. The number of benzene rings is 1. The lowest BCUT2D eigenvalue weighted by Gasteiger charge is -2.16. The molecule has 0 aliphatic heterocycles. The second-order valence-electron chi connectivity index (χ2n) is 3.64. The van der Waals surface area contributed by atoms with Crippen LogP contribution in [-0.2, 0) is 9.53 Å². The standard InChI is InChI=1S/C12H15ClN4O3/c1-3-17(16-15-14)10-6-5-8(7-9(10)13)11(18)12(19)20-4-2/h5-7H,3-4H2,1-2H3,(H2,14,16). The maximum atomic E-state index is 11.8. The van der Waals surface area contributed by atoms with Crippen LogP contribution < -0.4 is 10.9 Å². The van der Waals surface area contributed by atoms with E-state index in [1.165, 1.54) is 17.1 Å². The van der Waals surface area contributed by atoms with Crippen molar-refractivity contribution in [3.8, 4) is 0 Å². The molecule has 1 aromatic rings. The maximum absolute atomic E-state index is 11.8. The molecule has 0 saturated carbocycles. The first-order chi connectivity index (χ1) is 9.54. The number of Topliss-reactive ketones (excluding diaryl/α,β-unsaturated/α-hetero) is 1. The van der Waals surface area contributed by atoms with Crippen LogP contribution in [0.4, 0.5) is 5.69 Å². The van der Waals surface area contributed by atoms with Crippen LogP contribution in [-0.4, -0.2) is 24.9 Å². The van der Waals surface area contributed by atoms with Gasteiger partial charge in [-0.3, -0.25) is 4.79 Å². The number of carbonyl (C=O) groups is 2. The van der Waals surface area contributed by atoms with E-state index in [0.29, 0.717) is 12.2 Å². The zero-order valence-electron chi connectivity index (χ0n) is 11.2. The van der Waals surface area contributed by atoms with Crippen LogP contribution in [0.3, 0.4) is 0 Å². The van der Waals surface area contributed by atoms with Gasteiger partial charge in [0.1, 0.15) is 0 Å². The summed E-state index contributed by atoms with van der Waals surface area (Å²) in [5.41, 5.74) is 0.682. The van der Waals surface area contributed by atoms with E-state index in [1.807, 2.05) is 6.92 Å². The minimum Gasteiger partial charge on any atom is -0.460 e. The predicted molar refractivity (Wildman–Crippen MR) is 74.5 cm³/mol. The molecule has 1 aromatic carbocycles. The molecule has 0 radical (unpaired) electrons. The van der Waals surface area contributed by atoms with Gasteiger partial charge in [-0.15, -0.1) is 0 Å². The van der Waals surface area contributed by atoms with E-state index in [-0.39, 0.29) is 17.2 Å². The summed E-state index contributed by atoms with van der Waals surface area (Å²) in [5.74, 6) is 3.34. The molecule has 0 spiro atoms. The molecule has 0 aliphatic rings. The lowest BCUT2D eigenvalue weighted by molar-refractivity contribution is -0.137.